The van der Waals surface area contributed by atoms with Gasteiger partial charge in [0.15, 0.2) is 11.8 Å². The third-order valence-corrected chi connectivity index (χ3v) is 4.79. The Balaban J connectivity index is 0.00000289. The summed E-state index contributed by atoms with van der Waals surface area (Å²) in [6.45, 7) is 4.05. The standard InChI is InChI=1S/C23H26N8.HI/c1-2-24-23(26-17-22-29-27-18-30(22)20-7-4-3-5-8-20)25-15-13-19-9-11-21(12-10-19)31-16-6-14-28-31;/h3-12,14,16,18H,2,13,15,17H2,1H3,(H2,24,25,26);1H. The number of aliphatic imine (C=N–C) groups is 1. The van der Waals surface area contributed by atoms with Crippen LogP contribution in [-0.4, -0.2) is 43.6 Å². The molecule has 2 aromatic heterocycles. The first-order chi connectivity index (χ1) is 15.3. The van der Waals surface area contributed by atoms with E-state index in [1.807, 2.05) is 51.8 Å². The summed E-state index contributed by atoms with van der Waals surface area (Å²) in [5.41, 5.74) is 3.33. The monoisotopic (exact) mass is 542 g/mol. The maximum absolute atomic E-state index is 4.68. The van der Waals surface area contributed by atoms with Crippen LogP contribution in [0.3, 0.4) is 0 Å². The summed E-state index contributed by atoms with van der Waals surface area (Å²) in [7, 11) is 0. The van der Waals surface area contributed by atoms with Crippen molar-refractivity contribution in [1.82, 2.24) is 35.2 Å². The van der Waals surface area contributed by atoms with Crippen molar-refractivity contribution in [2.75, 3.05) is 13.1 Å². The van der Waals surface area contributed by atoms with Crippen molar-refractivity contribution in [3.63, 3.8) is 0 Å². The van der Waals surface area contributed by atoms with E-state index in [0.717, 1.165) is 42.7 Å². The number of nitrogens with zero attached hydrogens (tertiary/aromatic N) is 6. The summed E-state index contributed by atoms with van der Waals surface area (Å²) >= 11 is 0. The zero-order valence-electron chi connectivity index (χ0n) is 17.9. The zero-order valence-corrected chi connectivity index (χ0v) is 20.3. The molecule has 0 atom stereocenters. The van der Waals surface area contributed by atoms with Crippen LogP contribution < -0.4 is 10.6 Å². The molecule has 0 aliphatic heterocycles. The van der Waals surface area contributed by atoms with E-state index in [1.165, 1.54) is 5.56 Å². The van der Waals surface area contributed by atoms with Crippen molar-refractivity contribution in [2.24, 2.45) is 4.99 Å². The molecule has 2 aromatic carbocycles. The quantitative estimate of drug-likeness (QED) is 0.203. The highest BCUT2D eigenvalue weighted by molar-refractivity contribution is 14.0. The number of nitrogens with one attached hydrogen (secondary N) is 2. The summed E-state index contributed by atoms with van der Waals surface area (Å²) in [5, 5.41) is 19.2. The minimum absolute atomic E-state index is 0. The molecule has 0 amide bonds. The van der Waals surface area contributed by atoms with Crippen LogP contribution >= 0.6 is 24.0 Å². The smallest absolute Gasteiger partial charge is 0.191 e. The molecule has 0 unspecified atom stereocenters. The van der Waals surface area contributed by atoms with Gasteiger partial charge >= 0.3 is 0 Å². The van der Waals surface area contributed by atoms with Gasteiger partial charge in [-0.15, -0.1) is 34.2 Å². The fraction of sp³-hybridized carbons (Fsp3) is 0.217. The minimum atomic E-state index is 0. The second-order valence-corrected chi connectivity index (χ2v) is 6.94. The third-order valence-electron chi connectivity index (χ3n) is 4.79. The van der Waals surface area contributed by atoms with Gasteiger partial charge < -0.3 is 10.6 Å². The predicted molar refractivity (Wildman–Crippen MR) is 137 cm³/mol. The molecule has 0 saturated heterocycles. The van der Waals surface area contributed by atoms with Gasteiger partial charge in [0.05, 0.1) is 5.69 Å². The molecule has 9 heteroatoms. The lowest BCUT2D eigenvalue weighted by Gasteiger charge is -2.12. The third kappa shape index (κ3) is 6.16. The highest BCUT2D eigenvalue weighted by atomic mass is 127. The number of benzene rings is 2. The largest absolute Gasteiger partial charge is 0.357 e. The van der Waals surface area contributed by atoms with E-state index in [0.29, 0.717) is 6.54 Å². The molecule has 166 valence electrons. The van der Waals surface area contributed by atoms with Gasteiger partial charge in [0.2, 0.25) is 0 Å². The molecule has 0 radical (unpaired) electrons. The summed E-state index contributed by atoms with van der Waals surface area (Å²) in [5.74, 6) is 1.55. The van der Waals surface area contributed by atoms with Gasteiger partial charge in [0.25, 0.3) is 0 Å². The molecule has 0 fully saturated rings. The van der Waals surface area contributed by atoms with Crippen LogP contribution in [0.4, 0.5) is 0 Å². The Kier molecular flexibility index (Phi) is 8.79. The van der Waals surface area contributed by atoms with Crippen molar-refractivity contribution in [3.05, 3.63) is 90.8 Å². The van der Waals surface area contributed by atoms with Crippen molar-refractivity contribution < 1.29 is 0 Å². The Morgan fingerprint density at radius 2 is 1.78 bits per heavy atom. The molecule has 0 saturated carbocycles. The Hall–Kier alpha value is -3.21. The molecule has 0 bridgehead atoms. The average Bonchev–Trinajstić information content (AvgIpc) is 3.51. The zero-order chi connectivity index (χ0) is 21.3. The summed E-state index contributed by atoms with van der Waals surface area (Å²) in [4.78, 5) is 4.68. The predicted octanol–water partition coefficient (Wildman–Crippen LogP) is 3.37. The van der Waals surface area contributed by atoms with Crippen LogP contribution in [0.25, 0.3) is 11.4 Å². The van der Waals surface area contributed by atoms with Crippen LogP contribution in [0.15, 0.2) is 84.4 Å². The normalized spacial score (nSPS) is 11.1. The van der Waals surface area contributed by atoms with Gasteiger partial charge in [-0.25, -0.2) is 9.67 Å². The Bertz CT molecular complexity index is 1090. The van der Waals surface area contributed by atoms with Gasteiger partial charge in [-0.05, 0) is 49.2 Å². The fourth-order valence-corrected chi connectivity index (χ4v) is 3.22. The average molecular weight is 542 g/mol. The van der Waals surface area contributed by atoms with Crippen LogP contribution in [-0.2, 0) is 13.0 Å². The number of halogens is 1. The second kappa shape index (κ2) is 12.0. The van der Waals surface area contributed by atoms with E-state index < -0.39 is 0 Å². The molecule has 0 aliphatic rings. The van der Waals surface area contributed by atoms with Gasteiger partial charge in [0.1, 0.15) is 12.9 Å². The van der Waals surface area contributed by atoms with E-state index in [1.54, 1.807) is 12.5 Å². The number of para-hydroxylation sites is 1. The molecule has 32 heavy (non-hydrogen) atoms. The van der Waals surface area contributed by atoms with Gasteiger partial charge in [-0.2, -0.15) is 5.10 Å². The first-order valence-electron chi connectivity index (χ1n) is 10.4. The summed E-state index contributed by atoms with van der Waals surface area (Å²) < 4.78 is 3.81. The van der Waals surface area contributed by atoms with Crippen LogP contribution in [0, 0.1) is 0 Å². The first kappa shape index (κ1) is 23.5. The van der Waals surface area contributed by atoms with Crippen molar-refractivity contribution in [1.29, 1.82) is 0 Å². The van der Waals surface area contributed by atoms with Crippen LogP contribution in [0.5, 0.6) is 0 Å². The van der Waals surface area contributed by atoms with Crippen LogP contribution in [0.1, 0.15) is 18.3 Å². The maximum atomic E-state index is 4.68. The van der Waals surface area contributed by atoms with Gasteiger partial charge in [-0.3, -0.25) is 4.57 Å². The van der Waals surface area contributed by atoms with E-state index in [-0.39, 0.29) is 24.0 Å². The Morgan fingerprint density at radius 1 is 0.969 bits per heavy atom. The maximum Gasteiger partial charge on any atom is 0.191 e. The highest BCUT2D eigenvalue weighted by Crippen LogP contribution is 2.10. The number of guanidine groups is 1. The first-order valence-corrected chi connectivity index (χ1v) is 10.4. The molecule has 0 aliphatic carbocycles. The lowest BCUT2D eigenvalue weighted by atomic mass is 10.1. The van der Waals surface area contributed by atoms with E-state index in [2.05, 4.69) is 62.1 Å². The number of hydrogen-bond acceptors (Lipinski definition) is 4. The molecule has 8 nitrogen and oxygen atoms in total. The van der Waals surface area contributed by atoms with E-state index in [9.17, 15) is 0 Å². The Labute approximate surface area is 204 Å². The molecular formula is C23H27IN8. The lowest BCUT2D eigenvalue weighted by molar-refractivity contribution is 0.783. The highest BCUT2D eigenvalue weighted by Gasteiger charge is 2.06. The van der Waals surface area contributed by atoms with Crippen molar-refractivity contribution in [3.8, 4) is 11.4 Å². The number of hydrogen-bond donors (Lipinski definition) is 2. The summed E-state index contributed by atoms with van der Waals surface area (Å²) in [6.07, 6.45) is 6.33. The van der Waals surface area contributed by atoms with Gasteiger partial charge in [-0.1, -0.05) is 30.3 Å². The molecule has 4 aromatic rings. The molecule has 0 spiro atoms. The lowest BCUT2D eigenvalue weighted by Crippen LogP contribution is -2.38. The molecular weight excluding hydrogens is 515 g/mol. The number of rotatable bonds is 8. The molecule has 2 N–H and O–H groups in total. The molecule has 2 heterocycles. The number of aromatic nitrogens is 5. The Morgan fingerprint density at radius 3 is 2.50 bits per heavy atom. The fourth-order valence-electron chi connectivity index (χ4n) is 3.22. The molecule has 4 rings (SSSR count). The van der Waals surface area contributed by atoms with Crippen molar-refractivity contribution >= 4 is 29.9 Å². The van der Waals surface area contributed by atoms with Crippen LogP contribution in [0.2, 0.25) is 0 Å². The SMILES string of the molecule is CCNC(=NCc1nncn1-c1ccccc1)NCCc1ccc(-n2cccn2)cc1.I. The van der Waals surface area contributed by atoms with E-state index >= 15 is 0 Å². The van der Waals surface area contributed by atoms with Gasteiger partial charge in [0, 0.05) is 31.2 Å². The minimum Gasteiger partial charge on any atom is -0.357 e. The van der Waals surface area contributed by atoms with E-state index in [4.69, 9.17) is 0 Å². The summed E-state index contributed by atoms with van der Waals surface area (Å²) in [6, 6.07) is 20.4. The van der Waals surface area contributed by atoms with Crippen molar-refractivity contribution in [2.45, 2.75) is 19.9 Å². The second-order valence-electron chi connectivity index (χ2n) is 6.94. The topological polar surface area (TPSA) is 85.0 Å².